The van der Waals surface area contributed by atoms with E-state index in [1.165, 1.54) is 25.1 Å². The standard InChI is InChI=1S/C23H34N4O3/c1-14(2)19(28)27-21-22(3,4)16-9-17-18(30-8-6-23(17,21)10-16)5-7-26-20(29)15-11-24-13-25-12-15/h11-14,16-18,21H,5-10H2,1-4H3,(H,26,29)(H,27,28)/t16-,17-,18-,21+,23?/m1/s1. The topological polar surface area (TPSA) is 93.2 Å². The first-order valence-electron chi connectivity index (χ1n) is 11.2. The van der Waals surface area contributed by atoms with Crippen molar-refractivity contribution in [2.45, 2.75) is 65.5 Å². The van der Waals surface area contributed by atoms with Gasteiger partial charge in [0, 0.05) is 37.5 Å². The maximum Gasteiger partial charge on any atom is 0.254 e. The molecule has 1 saturated heterocycles. The van der Waals surface area contributed by atoms with Gasteiger partial charge in [-0.1, -0.05) is 27.7 Å². The van der Waals surface area contributed by atoms with Gasteiger partial charge in [-0.25, -0.2) is 9.97 Å². The first-order chi connectivity index (χ1) is 14.3. The van der Waals surface area contributed by atoms with E-state index in [9.17, 15) is 9.59 Å². The molecular weight excluding hydrogens is 380 g/mol. The maximum absolute atomic E-state index is 12.6. The highest BCUT2D eigenvalue weighted by atomic mass is 16.5. The van der Waals surface area contributed by atoms with Gasteiger partial charge in [0.15, 0.2) is 0 Å². The van der Waals surface area contributed by atoms with Crippen LogP contribution in [0.4, 0.5) is 0 Å². The summed E-state index contributed by atoms with van der Waals surface area (Å²) >= 11 is 0. The molecule has 1 unspecified atom stereocenters. The van der Waals surface area contributed by atoms with Crippen molar-refractivity contribution < 1.29 is 14.3 Å². The zero-order valence-corrected chi connectivity index (χ0v) is 18.5. The SMILES string of the molecule is CC(C)C(=O)N[C@H]1C(C)(C)[C@@H]2C[C@@H]3[C@@H](CCNC(=O)c4cncnc4)OCCC31C2. The van der Waals surface area contributed by atoms with Gasteiger partial charge in [0.25, 0.3) is 5.91 Å². The molecule has 7 nitrogen and oxygen atoms in total. The molecule has 1 aliphatic heterocycles. The van der Waals surface area contributed by atoms with Gasteiger partial charge < -0.3 is 15.4 Å². The van der Waals surface area contributed by atoms with E-state index in [1.807, 2.05) is 13.8 Å². The summed E-state index contributed by atoms with van der Waals surface area (Å²) in [6.45, 7) is 9.83. The third kappa shape index (κ3) is 3.51. The number of hydrogen-bond donors (Lipinski definition) is 2. The number of ether oxygens (including phenoxy) is 1. The average Bonchev–Trinajstić information content (AvgIpc) is 3.21. The predicted octanol–water partition coefficient (Wildman–Crippen LogP) is 2.58. The van der Waals surface area contributed by atoms with E-state index in [0.717, 1.165) is 25.9 Å². The van der Waals surface area contributed by atoms with Crippen molar-refractivity contribution in [1.29, 1.82) is 0 Å². The summed E-state index contributed by atoms with van der Waals surface area (Å²) in [5, 5.41) is 6.40. The fourth-order valence-electron chi connectivity index (χ4n) is 6.35. The fourth-order valence-corrected chi connectivity index (χ4v) is 6.35. The Balaban J connectivity index is 1.43. The molecule has 30 heavy (non-hydrogen) atoms. The van der Waals surface area contributed by atoms with Gasteiger partial charge in [-0.15, -0.1) is 0 Å². The highest BCUT2D eigenvalue weighted by Gasteiger charge is 2.68. The van der Waals surface area contributed by atoms with Crippen LogP contribution in [0.25, 0.3) is 0 Å². The van der Waals surface area contributed by atoms with Gasteiger partial charge in [-0.3, -0.25) is 9.59 Å². The molecule has 7 heteroatoms. The Kier molecular flexibility index (Phi) is 5.60. The molecule has 1 spiro atoms. The summed E-state index contributed by atoms with van der Waals surface area (Å²) in [6, 6.07) is 0.186. The number of hydrogen-bond acceptors (Lipinski definition) is 5. The quantitative estimate of drug-likeness (QED) is 0.746. The summed E-state index contributed by atoms with van der Waals surface area (Å²) < 4.78 is 6.21. The van der Waals surface area contributed by atoms with Gasteiger partial charge in [0.2, 0.25) is 5.91 Å². The first kappa shape index (κ1) is 21.2. The molecule has 3 fully saturated rings. The Morgan fingerprint density at radius 3 is 2.70 bits per heavy atom. The summed E-state index contributed by atoms with van der Waals surface area (Å²) in [4.78, 5) is 32.7. The van der Waals surface area contributed by atoms with Crippen molar-refractivity contribution in [2.75, 3.05) is 13.2 Å². The number of nitrogens with one attached hydrogen (secondary N) is 2. The van der Waals surface area contributed by atoms with Crippen LogP contribution < -0.4 is 10.6 Å². The number of aromatic nitrogens is 2. The van der Waals surface area contributed by atoms with Crippen LogP contribution in [0, 0.1) is 28.6 Å². The maximum atomic E-state index is 12.6. The Labute approximate surface area is 178 Å². The smallest absolute Gasteiger partial charge is 0.254 e. The molecule has 3 aliphatic rings. The Hall–Kier alpha value is -2.02. The molecular formula is C23H34N4O3. The molecule has 0 aromatic carbocycles. The molecule has 2 N–H and O–H groups in total. The van der Waals surface area contributed by atoms with Crippen molar-refractivity contribution in [3.8, 4) is 0 Å². The van der Waals surface area contributed by atoms with Gasteiger partial charge >= 0.3 is 0 Å². The number of nitrogens with zero attached hydrogens (tertiary/aromatic N) is 2. The summed E-state index contributed by atoms with van der Waals surface area (Å²) in [5.41, 5.74) is 0.681. The van der Waals surface area contributed by atoms with Gasteiger partial charge in [0.1, 0.15) is 6.33 Å². The van der Waals surface area contributed by atoms with E-state index < -0.39 is 0 Å². The van der Waals surface area contributed by atoms with Crippen molar-refractivity contribution in [3.05, 3.63) is 24.3 Å². The Morgan fingerprint density at radius 1 is 1.27 bits per heavy atom. The zero-order chi connectivity index (χ0) is 21.5. The monoisotopic (exact) mass is 414 g/mol. The molecule has 2 bridgehead atoms. The molecule has 1 aromatic rings. The molecule has 2 aliphatic carbocycles. The largest absolute Gasteiger partial charge is 0.378 e. The van der Waals surface area contributed by atoms with Crippen LogP contribution in [-0.2, 0) is 9.53 Å². The molecule has 2 saturated carbocycles. The lowest BCUT2D eigenvalue weighted by atomic mass is 9.59. The summed E-state index contributed by atoms with van der Waals surface area (Å²) in [7, 11) is 0. The minimum atomic E-state index is -0.155. The molecule has 164 valence electrons. The molecule has 0 radical (unpaired) electrons. The highest BCUT2D eigenvalue weighted by molar-refractivity contribution is 5.93. The van der Waals surface area contributed by atoms with E-state index in [1.54, 1.807) is 0 Å². The fraction of sp³-hybridized carbons (Fsp3) is 0.739. The van der Waals surface area contributed by atoms with Crippen LogP contribution in [0.15, 0.2) is 18.7 Å². The van der Waals surface area contributed by atoms with Crippen LogP contribution in [0.3, 0.4) is 0 Å². The van der Waals surface area contributed by atoms with Gasteiger partial charge in [-0.2, -0.15) is 0 Å². The zero-order valence-electron chi connectivity index (χ0n) is 18.5. The Morgan fingerprint density at radius 2 is 2.00 bits per heavy atom. The third-order valence-corrected chi connectivity index (χ3v) is 7.97. The lowest BCUT2D eigenvalue weighted by Crippen LogP contribution is -2.60. The van der Waals surface area contributed by atoms with Gasteiger partial charge in [0.05, 0.1) is 11.7 Å². The lowest BCUT2D eigenvalue weighted by Gasteiger charge is -2.53. The molecule has 4 rings (SSSR count). The average molecular weight is 415 g/mol. The highest BCUT2D eigenvalue weighted by Crippen LogP contribution is 2.68. The minimum Gasteiger partial charge on any atom is -0.378 e. The number of carbonyl (C=O) groups is 2. The second-order valence-electron chi connectivity index (χ2n) is 10.2. The molecule has 1 aromatic heterocycles. The van der Waals surface area contributed by atoms with E-state index in [4.69, 9.17) is 4.74 Å². The van der Waals surface area contributed by atoms with Crippen LogP contribution in [-0.4, -0.2) is 47.1 Å². The van der Waals surface area contributed by atoms with E-state index in [-0.39, 0.29) is 40.7 Å². The van der Waals surface area contributed by atoms with Crippen molar-refractivity contribution in [3.63, 3.8) is 0 Å². The summed E-state index contributed by atoms with van der Waals surface area (Å²) in [5.74, 6) is 1.01. The normalized spacial score (nSPS) is 33.9. The minimum absolute atomic E-state index is 0.0115. The van der Waals surface area contributed by atoms with Crippen LogP contribution >= 0.6 is 0 Å². The van der Waals surface area contributed by atoms with Crippen molar-refractivity contribution in [1.82, 2.24) is 20.6 Å². The number of carbonyl (C=O) groups excluding carboxylic acids is 2. The van der Waals surface area contributed by atoms with E-state index >= 15 is 0 Å². The molecule has 5 atom stereocenters. The van der Waals surface area contributed by atoms with Crippen LogP contribution in [0.1, 0.15) is 63.7 Å². The van der Waals surface area contributed by atoms with Crippen LogP contribution in [0.2, 0.25) is 0 Å². The lowest BCUT2D eigenvalue weighted by molar-refractivity contribution is -0.138. The number of fused-ring (bicyclic) bond motifs is 1. The van der Waals surface area contributed by atoms with E-state index in [2.05, 4.69) is 34.4 Å². The van der Waals surface area contributed by atoms with Crippen molar-refractivity contribution >= 4 is 11.8 Å². The first-order valence-corrected chi connectivity index (χ1v) is 11.2. The Bertz CT molecular complexity index is 797. The second kappa shape index (κ2) is 7.91. The summed E-state index contributed by atoms with van der Waals surface area (Å²) in [6.07, 6.45) is 8.67. The second-order valence-corrected chi connectivity index (χ2v) is 10.2. The molecule has 2 amide bonds. The number of rotatable bonds is 6. The molecule has 2 heterocycles. The third-order valence-electron chi connectivity index (χ3n) is 7.97. The van der Waals surface area contributed by atoms with Crippen LogP contribution in [0.5, 0.6) is 0 Å². The number of amides is 2. The van der Waals surface area contributed by atoms with Gasteiger partial charge in [-0.05, 0) is 48.3 Å². The van der Waals surface area contributed by atoms with E-state index in [0.29, 0.717) is 23.9 Å². The predicted molar refractivity (Wildman–Crippen MR) is 113 cm³/mol. The van der Waals surface area contributed by atoms with Crippen molar-refractivity contribution in [2.24, 2.45) is 28.6 Å².